The average molecular weight is 388 g/mol. The molecular weight excluding hydrogens is 364 g/mol. The van der Waals surface area contributed by atoms with Crippen molar-refractivity contribution in [1.29, 1.82) is 0 Å². The number of pyridine rings is 1. The molecule has 5 heteroatoms. The summed E-state index contributed by atoms with van der Waals surface area (Å²) in [6.45, 7) is 1.81. The maximum atomic E-state index is 5.98. The first-order chi connectivity index (χ1) is 14.3. The molecule has 1 aliphatic heterocycles. The number of hydrogen-bond acceptors (Lipinski definition) is 5. The van der Waals surface area contributed by atoms with E-state index >= 15 is 0 Å². The summed E-state index contributed by atoms with van der Waals surface area (Å²) in [5, 5.41) is 3.57. The summed E-state index contributed by atoms with van der Waals surface area (Å²) in [5.74, 6) is 2.35. The van der Waals surface area contributed by atoms with Crippen molar-refractivity contribution in [3.63, 3.8) is 0 Å². The van der Waals surface area contributed by atoms with Gasteiger partial charge in [-0.2, -0.15) is 0 Å². The van der Waals surface area contributed by atoms with E-state index in [4.69, 9.17) is 14.2 Å². The van der Waals surface area contributed by atoms with Crippen LogP contribution in [0.5, 0.6) is 11.5 Å². The molecule has 1 saturated heterocycles. The van der Waals surface area contributed by atoms with Crippen LogP contribution in [-0.4, -0.2) is 24.3 Å². The lowest BCUT2D eigenvalue weighted by molar-refractivity contribution is -0.0796. The number of aromatic nitrogens is 1. The molecule has 0 amide bonds. The number of anilines is 2. The first-order valence-electron chi connectivity index (χ1n) is 10.1. The quantitative estimate of drug-likeness (QED) is 0.585. The van der Waals surface area contributed by atoms with E-state index in [2.05, 4.69) is 28.5 Å². The summed E-state index contributed by atoms with van der Waals surface area (Å²) in [6, 6.07) is 20.2. The number of hydrogen-bond donors (Lipinski definition) is 1. The van der Waals surface area contributed by atoms with E-state index < -0.39 is 0 Å². The molecule has 2 heterocycles. The molecule has 0 bridgehead atoms. The van der Waals surface area contributed by atoms with Crippen LogP contribution in [0.1, 0.15) is 30.0 Å². The van der Waals surface area contributed by atoms with Crippen molar-refractivity contribution >= 4 is 11.4 Å². The standard InChI is InChI=1S/C24H24N2O3/c1-2-11-25-19(4-1)14-28-20-9-10-24(23(13-20)17-7-8-17)26-18-5-3-6-21(12-18)29-22-15-27-16-22/h1-6,9-13,17,22,26H,7-8,14-16H2. The predicted molar refractivity (Wildman–Crippen MR) is 112 cm³/mol. The van der Waals surface area contributed by atoms with E-state index in [-0.39, 0.29) is 6.10 Å². The molecule has 2 fully saturated rings. The fraction of sp³-hybridized carbons (Fsp3) is 0.292. The summed E-state index contributed by atoms with van der Waals surface area (Å²) >= 11 is 0. The third-order valence-corrected chi connectivity index (χ3v) is 5.18. The number of benzene rings is 2. The number of nitrogens with one attached hydrogen (secondary N) is 1. The highest BCUT2D eigenvalue weighted by atomic mass is 16.6. The van der Waals surface area contributed by atoms with Gasteiger partial charge in [0.15, 0.2) is 0 Å². The third kappa shape index (κ3) is 4.51. The van der Waals surface area contributed by atoms with E-state index in [1.807, 2.05) is 42.5 Å². The maximum absolute atomic E-state index is 5.98. The van der Waals surface area contributed by atoms with E-state index in [0.29, 0.717) is 25.7 Å². The van der Waals surface area contributed by atoms with Crippen molar-refractivity contribution in [2.24, 2.45) is 0 Å². The molecule has 29 heavy (non-hydrogen) atoms. The van der Waals surface area contributed by atoms with E-state index in [1.165, 1.54) is 18.4 Å². The molecule has 2 aromatic carbocycles. The Balaban J connectivity index is 1.30. The molecule has 0 atom stereocenters. The smallest absolute Gasteiger partial charge is 0.145 e. The molecule has 2 aliphatic rings. The molecule has 5 rings (SSSR count). The summed E-state index contributed by atoms with van der Waals surface area (Å²) in [4.78, 5) is 4.32. The van der Waals surface area contributed by atoms with Gasteiger partial charge in [0.1, 0.15) is 24.2 Å². The van der Waals surface area contributed by atoms with Crippen LogP contribution in [0.15, 0.2) is 66.9 Å². The van der Waals surface area contributed by atoms with Crippen molar-refractivity contribution in [1.82, 2.24) is 4.98 Å². The maximum Gasteiger partial charge on any atom is 0.145 e. The fourth-order valence-corrected chi connectivity index (χ4v) is 3.39. The van der Waals surface area contributed by atoms with E-state index in [9.17, 15) is 0 Å². The second-order valence-electron chi connectivity index (χ2n) is 7.56. The lowest BCUT2D eigenvalue weighted by Gasteiger charge is -2.26. The van der Waals surface area contributed by atoms with Crippen LogP contribution in [0.2, 0.25) is 0 Å². The van der Waals surface area contributed by atoms with Crippen molar-refractivity contribution < 1.29 is 14.2 Å². The highest BCUT2D eigenvalue weighted by Gasteiger charge is 2.27. The molecule has 1 N–H and O–H groups in total. The minimum absolute atomic E-state index is 0.169. The van der Waals surface area contributed by atoms with Gasteiger partial charge in [0.2, 0.25) is 0 Å². The Kier molecular flexibility index (Phi) is 5.05. The van der Waals surface area contributed by atoms with E-state index in [0.717, 1.165) is 28.6 Å². The van der Waals surface area contributed by atoms with E-state index in [1.54, 1.807) is 6.20 Å². The molecular formula is C24H24N2O3. The van der Waals surface area contributed by atoms with Crippen LogP contribution >= 0.6 is 0 Å². The molecule has 1 aliphatic carbocycles. The van der Waals surface area contributed by atoms with Gasteiger partial charge in [0.25, 0.3) is 0 Å². The van der Waals surface area contributed by atoms with Gasteiger partial charge < -0.3 is 19.5 Å². The van der Waals surface area contributed by atoms with Crippen LogP contribution in [0.4, 0.5) is 11.4 Å². The van der Waals surface area contributed by atoms with Crippen molar-refractivity contribution in [3.8, 4) is 11.5 Å². The number of ether oxygens (including phenoxy) is 3. The van der Waals surface area contributed by atoms with Crippen LogP contribution in [-0.2, 0) is 11.3 Å². The molecule has 0 radical (unpaired) electrons. The normalized spacial score (nSPS) is 16.1. The van der Waals surface area contributed by atoms with Crippen LogP contribution in [0.3, 0.4) is 0 Å². The zero-order valence-corrected chi connectivity index (χ0v) is 16.2. The molecule has 1 aromatic heterocycles. The first-order valence-corrected chi connectivity index (χ1v) is 10.1. The average Bonchev–Trinajstić information content (AvgIpc) is 3.56. The summed E-state index contributed by atoms with van der Waals surface area (Å²) in [7, 11) is 0. The number of rotatable bonds is 8. The molecule has 3 aromatic rings. The molecule has 0 unspecified atom stereocenters. The Morgan fingerprint density at radius 2 is 1.90 bits per heavy atom. The number of nitrogens with zero attached hydrogens (tertiary/aromatic N) is 1. The zero-order chi connectivity index (χ0) is 19.5. The Bertz CT molecular complexity index is 969. The second kappa shape index (κ2) is 8.13. The van der Waals surface area contributed by atoms with Gasteiger partial charge in [-0.25, -0.2) is 0 Å². The van der Waals surface area contributed by atoms with Gasteiger partial charge in [0, 0.05) is 23.6 Å². The molecule has 1 saturated carbocycles. The van der Waals surface area contributed by atoms with Crippen molar-refractivity contribution in [2.45, 2.75) is 31.5 Å². The minimum atomic E-state index is 0.169. The van der Waals surface area contributed by atoms with Gasteiger partial charge in [-0.05, 0) is 66.8 Å². The van der Waals surface area contributed by atoms with Gasteiger partial charge in [-0.1, -0.05) is 12.1 Å². The molecule has 5 nitrogen and oxygen atoms in total. The van der Waals surface area contributed by atoms with Crippen LogP contribution in [0.25, 0.3) is 0 Å². The van der Waals surface area contributed by atoms with Crippen LogP contribution < -0.4 is 14.8 Å². The van der Waals surface area contributed by atoms with Gasteiger partial charge in [0.05, 0.1) is 18.9 Å². The highest BCUT2D eigenvalue weighted by Crippen LogP contribution is 2.45. The molecule has 0 spiro atoms. The first kappa shape index (κ1) is 18.0. The zero-order valence-electron chi connectivity index (χ0n) is 16.2. The summed E-state index contributed by atoms with van der Waals surface area (Å²) in [6.07, 6.45) is 4.41. The van der Waals surface area contributed by atoms with Gasteiger partial charge in [-0.15, -0.1) is 0 Å². The van der Waals surface area contributed by atoms with Crippen molar-refractivity contribution in [3.05, 3.63) is 78.1 Å². The SMILES string of the molecule is c1ccc(COc2ccc(Nc3cccc(OC4COC4)c3)c(C3CC3)c2)nc1. The summed E-state index contributed by atoms with van der Waals surface area (Å²) < 4.78 is 17.1. The Morgan fingerprint density at radius 1 is 0.966 bits per heavy atom. The fourth-order valence-electron chi connectivity index (χ4n) is 3.39. The lowest BCUT2D eigenvalue weighted by Crippen LogP contribution is -2.38. The Morgan fingerprint density at radius 3 is 2.66 bits per heavy atom. The van der Waals surface area contributed by atoms with Crippen molar-refractivity contribution in [2.75, 3.05) is 18.5 Å². The third-order valence-electron chi connectivity index (χ3n) is 5.18. The van der Waals surface area contributed by atoms with Gasteiger partial charge >= 0.3 is 0 Å². The minimum Gasteiger partial charge on any atom is -0.487 e. The second-order valence-corrected chi connectivity index (χ2v) is 7.56. The lowest BCUT2D eigenvalue weighted by atomic mass is 10.1. The predicted octanol–water partition coefficient (Wildman–Crippen LogP) is 5.06. The Hall–Kier alpha value is -3.05. The monoisotopic (exact) mass is 388 g/mol. The molecule has 148 valence electrons. The topological polar surface area (TPSA) is 52.6 Å². The largest absolute Gasteiger partial charge is 0.487 e. The van der Waals surface area contributed by atoms with Gasteiger partial charge in [-0.3, -0.25) is 4.98 Å². The highest BCUT2D eigenvalue weighted by molar-refractivity contribution is 5.66. The van der Waals surface area contributed by atoms with Crippen LogP contribution in [0, 0.1) is 0 Å². The Labute approximate surface area is 170 Å². The summed E-state index contributed by atoms with van der Waals surface area (Å²) in [5.41, 5.74) is 4.38.